The Labute approximate surface area is 132 Å². The second kappa shape index (κ2) is 7.13. The Bertz CT molecular complexity index is 720. The van der Waals surface area contributed by atoms with Crippen molar-refractivity contribution in [1.29, 1.82) is 0 Å². The van der Waals surface area contributed by atoms with Crippen LogP contribution in [0.1, 0.15) is 34.0 Å². The number of halogens is 3. The lowest BCUT2D eigenvalue weighted by Gasteiger charge is -2.15. The SMILES string of the molecule is C/C=C\c1c(C=O)cccc1NCc1ccccc1C(F)(F)F. The minimum atomic E-state index is -4.39. The standard InChI is InChI=1S/C18H16F3NO/c1-2-6-15-14(12-23)8-5-10-17(15)22-11-13-7-3-4-9-16(13)18(19,20)21/h2-10,12,22H,11H2,1H3/b6-2-. The van der Waals surface area contributed by atoms with Gasteiger partial charge in [0.1, 0.15) is 0 Å². The molecular weight excluding hydrogens is 303 g/mol. The first kappa shape index (κ1) is 16.8. The first-order chi connectivity index (χ1) is 11.0. The summed E-state index contributed by atoms with van der Waals surface area (Å²) in [6, 6.07) is 10.5. The van der Waals surface area contributed by atoms with E-state index in [0.29, 0.717) is 16.8 Å². The predicted octanol–water partition coefficient (Wildman–Crippen LogP) is 5.16. The maximum Gasteiger partial charge on any atom is 0.416 e. The molecule has 0 aliphatic rings. The van der Waals surface area contributed by atoms with Crippen LogP contribution in [-0.2, 0) is 12.7 Å². The maximum atomic E-state index is 13.0. The second-order valence-electron chi connectivity index (χ2n) is 4.93. The predicted molar refractivity (Wildman–Crippen MR) is 85.3 cm³/mol. The molecule has 0 bridgehead atoms. The van der Waals surface area contributed by atoms with E-state index in [0.717, 1.165) is 12.4 Å². The number of hydrogen-bond acceptors (Lipinski definition) is 2. The first-order valence-electron chi connectivity index (χ1n) is 7.07. The lowest BCUT2D eigenvalue weighted by Crippen LogP contribution is -2.12. The number of aldehydes is 1. The fourth-order valence-electron chi connectivity index (χ4n) is 2.33. The van der Waals surface area contributed by atoms with Crippen LogP contribution in [0, 0.1) is 0 Å². The van der Waals surface area contributed by atoms with E-state index in [1.165, 1.54) is 12.1 Å². The number of allylic oxidation sites excluding steroid dienone is 1. The molecule has 2 rings (SSSR count). The van der Waals surface area contributed by atoms with E-state index in [4.69, 9.17) is 0 Å². The van der Waals surface area contributed by atoms with Gasteiger partial charge >= 0.3 is 6.18 Å². The number of rotatable bonds is 5. The van der Waals surface area contributed by atoms with E-state index in [2.05, 4.69) is 5.32 Å². The van der Waals surface area contributed by atoms with Crippen molar-refractivity contribution in [1.82, 2.24) is 0 Å². The smallest absolute Gasteiger partial charge is 0.380 e. The second-order valence-corrected chi connectivity index (χ2v) is 4.93. The Morgan fingerprint density at radius 1 is 1.09 bits per heavy atom. The van der Waals surface area contributed by atoms with Gasteiger partial charge in [-0.2, -0.15) is 13.2 Å². The van der Waals surface area contributed by atoms with Gasteiger partial charge < -0.3 is 5.32 Å². The lowest BCUT2D eigenvalue weighted by atomic mass is 10.0. The lowest BCUT2D eigenvalue weighted by molar-refractivity contribution is -0.138. The van der Waals surface area contributed by atoms with E-state index < -0.39 is 11.7 Å². The number of hydrogen-bond donors (Lipinski definition) is 1. The molecule has 5 heteroatoms. The van der Waals surface area contributed by atoms with Crippen LogP contribution in [0.2, 0.25) is 0 Å². The van der Waals surface area contributed by atoms with Crippen LogP contribution in [0.4, 0.5) is 18.9 Å². The van der Waals surface area contributed by atoms with Gasteiger partial charge in [-0.3, -0.25) is 4.79 Å². The molecule has 0 fully saturated rings. The van der Waals surface area contributed by atoms with Gasteiger partial charge in [-0.25, -0.2) is 0 Å². The van der Waals surface area contributed by atoms with Crippen LogP contribution >= 0.6 is 0 Å². The van der Waals surface area contributed by atoms with Gasteiger partial charge in [0, 0.05) is 23.4 Å². The normalized spacial score (nSPS) is 11.7. The van der Waals surface area contributed by atoms with Crippen molar-refractivity contribution in [2.24, 2.45) is 0 Å². The number of anilines is 1. The summed E-state index contributed by atoms with van der Waals surface area (Å²) >= 11 is 0. The van der Waals surface area contributed by atoms with Gasteiger partial charge in [0.05, 0.1) is 5.56 Å². The number of benzene rings is 2. The molecule has 0 saturated heterocycles. The van der Waals surface area contributed by atoms with Crippen molar-refractivity contribution in [3.05, 3.63) is 70.8 Å². The summed E-state index contributed by atoms with van der Waals surface area (Å²) in [5.41, 5.74) is 1.26. The zero-order valence-electron chi connectivity index (χ0n) is 12.5. The number of carbonyl (C=O) groups excluding carboxylic acids is 1. The van der Waals surface area contributed by atoms with E-state index >= 15 is 0 Å². The molecule has 0 saturated carbocycles. The van der Waals surface area contributed by atoms with Crippen molar-refractivity contribution in [2.45, 2.75) is 19.6 Å². The van der Waals surface area contributed by atoms with Gasteiger partial charge in [-0.15, -0.1) is 0 Å². The fourth-order valence-corrected chi connectivity index (χ4v) is 2.33. The van der Waals surface area contributed by atoms with Crippen LogP contribution in [0.5, 0.6) is 0 Å². The van der Waals surface area contributed by atoms with Gasteiger partial charge in [-0.1, -0.05) is 42.5 Å². The molecule has 0 spiro atoms. The molecule has 0 unspecified atom stereocenters. The molecule has 2 nitrogen and oxygen atoms in total. The minimum absolute atomic E-state index is 0.0164. The first-order valence-corrected chi connectivity index (χ1v) is 7.07. The molecule has 0 aliphatic carbocycles. The molecule has 1 N–H and O–H groups in total. The highest BCUT2D eigenvalue weighted by molar-refractivity contribution is 5.86. The summed E-state index contributed by atoms with van der Waals surface area (Å²) in [6.45, 7) is 1.83. The molecule has 2 aromatic rings. The van der Waals surface area contributed by atoms with E-state index in [1.807, 2.05) is 6.92 Å². The third kappa shape index (κ3) is 4.00. The number of carbonyl (C=O) groups is 1. The highest BCUT2D eigenvalue weighted by Crippen LogP contribution is 2.32. The minimum Gasteiger partial charge on any atom is -0.380 e. The molecule has 2 aromatic carbocycles. The average Bonchev–Trinajstić information content (AvgIpc) is 2.53. The largest absolute Gasteiger partial charge is 0.416 e. The van der Waals surface area contributed by atoms with Gasteiger partial charge in [0.25, 0.3) is 0 Å². The third-order valence-corrected chi connectivity index (χ3v) is 3.39. The zero-order chi connectivity index (χ0) is 16.9. The zero-order valence-corrected chi connectivity index (χ0v) is 12.5. The molecule has 0 amide bonds. The average molecular weight is 319 g/mol. The van der Waals surface area contributed by atoms with E-state index in [9.17, 15) is 18.0 Å². The molecular formula is C18H16F3NO. The van der Waals surface area contributed by atoms with Crippen LogP contribution in [0.15, 0.2) is 48.5 Å². The molecule has 120 valence electrons. The molecule has 0 aromatic heterocycles. The van der Waals surface area contributed by atoms with Crippen LogP contribution in [0.25, 0.3) is 6.08 Å². The summed E-state index contributed by atoms with van der Waals surface area (Å²) < 4.78 is 39.0. The van der Waals surface area contributed by atoms with Crippen molar-refractivity contribution >= 4 is 18.0 Å². The monoisotopic (exact) mass is 319 g/mol. The van der Waals surface area contributed by atoms with Crippen LogP contribution in [-0.4, -0.2) is 6.29 Å². The topological polar surface area (TPSA) is 29.1 Å². The molecule has 0 aliphatic heterocycles. The Morgan fingerprint density at radius 3 is 2.48 bits per heavy atom. The molecule has 0 atom stereocenters. The van der Waals surface area contributed by atoms with Gasteiger partial charge in [0.15, 0.2) is 6.29 Å². The van der Waals surface area contributed by atoms with Crippen molar-refractivity contribution in [3.63, 3.8) is 0 Å². The number of alkyl halides is 3. The van der Waals surface area contributed by atoms with Gasteiger partial charge in [0.2, 0.25) is 0 Å². The Kier molecular flexibility index (Phi) is 5.21. The highest BCUT2D eigenvalue weighted by atomic mass is 19.4. The summed E-state index contributed by atoms with van der Waals surface area (Å²) in [5.74, 6) is 0. The van der Waals surface area contributed by atoms with Crippen LogP contribution in [0.3, 0.4) is 0 Å². The summed E-state index contributed by atoms with van der Waals surface area (Å²) in [5, 5.41) is 2.99. The molecule has 0 heterocycles. The van der Waals surface area contributed by atoms with E-state index in [1.54, 1.807) is 36.4 Å². The van der Waals surface area contributed by atoms with Crippen molar-refractivity contribution in [2.75, 3.05) is 5.32 Å². The summed E-state index contributed by atoms with van der Waals surface area (Å²) in [4.78, 5) is 11.1. The number of nitrogens with one attached hydrogen (secondary N) is 1. The molecule has 0 radical (unpaired) electrons. The van der Waals surface area contributed by atoms with Gasteiger partial charge in [-0.05, 0) is 24.6 Å². The Morgan fingerprint density at radius 2 is 1.83 bits per heavy atom. The third-order valence-electron chi connectivity index (χ3n) is 3.39. The summed E-state index contributed by atoms with van der Waals surface area (Å²) in [6.07, 6.45) is -0.141. The van der Waals surface area contributed by atoms with Crippen molar-refractivity contribution < 1.29 is 18.0 Å². The molecule has 23 heavy (non-hydrogen) atoms. The highest BCUT2D eigenvalue weighted by Gasteiger charge is 2.32. The summed E-state index contributed by atoms with van der Waals surface area (Å²) in [7, 11) is 0. The maximum absolute atomic E-state index is 13.0. The quantitative estimate of drug-likeness (QED) is 0.771. The van der Waals surface area contributed by atoms with Crippen molar-refractivity contribution in [3.8, 4) is 0 Å². The fraction of sp³-hybridized carbons (Fsp3) is 0.167. The Hall–Kier alpha value is -2.56. The van der Waals surface area contributed by atoms with Crippen LogP contribution < -0.4 is 5.32 Å². The van der Waals surface area contributed by atoms with E-state index in [-0.39, 0.29) is 12.1 Å². The Balaban J connectivity index is 2.31.